The Kier molecular flexibility index (Phi) is 9.85. The van der Waals surface area contributed by atoms with Gasteiger partial charge in [-0.05, 0) is 37.1 Å². The maximum Gasteiger partial charge on any atom is 0.329 e. The van der Waals surface area contributed by atoms with Gasteiger partial charge in [-0.1, -0.05) is 60.7 Å². The number of hydrogen-bond acceptors (Lipinski definition) is 4. The Morgan fingerprint density at radius 1 is 1.04 bits per heavy atom. The quantitative estimate of drug-likeness (QED) is 0.604. The summed E-state index contributed by atoms with van der Waals surface area (Å²) in [5, 5.41) is 9.61. The fraction of sp³-hybridized carbons (Fsp3) is 0.409. The third-order valence-corrected chi connectivity index (χ3v) is 6.52. The van der Waals surface area contributed by atoms with E-state index in [0.717, 1.165) is 32.5 Å². The number of rotatable bonds is 9. The number of ether oxygens (including phenoxy) is 1. The zero-order valence-electron chi connectivity index (χ0n) is 15.9. The number of benzene rings is 2. The first-order valence-corrected chi connectivity index (χ1v) is 10.4. The fourth-order valence-electron chi connectivity index (χ4n) is 3.42. The number of likely N-dealkylation sites (tertiary alicyclic amines) is 1. The smallest absolute Gasteiger partial charge is 0.329 e. The van der Waals surface area contributed by atoms with Crippen molar-refractivity contribution < 1.29 is 14.6 Å². The molecule has 28 heavy (non-hydrogen) atoms. The van der Waals surface area contributed by atoms with Gasteiger partial charge in [-0.25, -0.2) is 4.79 Å². The van der Waals surface area contributed by atoms with Crippen LogP contribution in [-0.4, -0.2) is 54.1 Å². The van der Waals surface area contributed by atoms with Crippen LogP contribution in [0.3, 0.4) is 0 Å². The molecule has 2 aromatic carbocycles. The molecule has 152 valence electrons. The number of halogens is 1. The van der Waals surface area contributed by atoms with Gasteiger partial charge in [-0.2, -0.15) is 0 Å². The molecule has 1 aliphatic heterocycles. The molecule has 1 heterocycles. The van der Waals surface area contributed by atoms with Gasteiger partial charge in [0.15, 0.2) is 0 Å². The average Bonchev–Trinajstić information content (AvgIpc) is 2.71. The standard InChI is InChI=1S/C22H27NO3S.ClH/c24-21(25)17-26-16-15-23-13-11-20(12-14-23)27-22(18-7-3-1-4-8-18)19-9-5-2-6-10-19;/h1-10,20,22H,11-17H2,(H,24,25);1H. The lowest BCUT2D eigenvalue weighted by Crippen LogP contribution is -2.37. The SMILES string of the molecule is Cl.O=C(O)COCCN1CCC(SC(c2ccccc2)c2ccccc2)CC1. The number of aliphatic carboxylic acids is 1. The van der Waals surface area contributed by atoms with Crippen molar-refractivity contribution in [2.75, 3.05) is 32.8 Å². The predicted octanol–water partition coefficient (Wildman–Crippen LogP) is 4.50. The molecule has 0 bridgehead atoms. The van der Waals surface area contributed by atoms with Crippen molar-refractivity contribution >= 4 is 30.1 Å². The summed E-state index contributed by atoms with van der Waals surface area (Å²) >= 11 is 2.07. The molecule has 2 aromatic rings. The molecule has 0 aromatic heterocycles. The van der Waals surface area contributed by atoms with E-state index in [1.807, 2.05) is 0 Å². The molecule has 3 rings (SSSR count). The number of carboxylic acid groups (broad SMARTS) is 1. The highest BCUT2D eigenvalue weighted by Gasteiger charge is 2.24. The largest absolute Gasteiger partial charge is 0.480 e. The van der Waals surface area contributed by atoms with Gasteiger partial charge in [0, 0.05) is 11.8 Å². The van der Waals surface area contributed by atoms with Crippen molar-refractivity contribution in [3.8, 4) is 0 Å². The van der Waals surface area contributed by atoms with Crippen molar-refractivity contribution in [2.24, 2.45) is 0 Å². The van der Waals surface area contributed by atoms with Crippen molar-refractivity contribution in [3.63, 3.8) is 0 Å². The molecule has 0 saturated carbocycles. The molecule has 1 fully saturated rings. The molecule has 1 aliphatic rings. The van der Waals surface area contributed by atoms with Gasteiger partial charge < -0.3 is 14.7 Å². The van der Waals surface area contributed by atoms with Gasteiger partial charge in [0.25, 0.3) is 0 Å². The minimum absolute atomic E-state index is 0. The maximum atomic E-state index is 10.5. The Morgan fingerprint density at radius 3 is 2.07 bits per heavy atom. The predicted molar refractivity (Wildman–Crippen MR) is 117 cm³/mol. The zero-order chi connectivity index (χ0) is 18.9. The molecule has 1 saturated heterocycles. The fourth-order valence-corrected chi connectivity index (χ4v) is 4.92. The first kappa shape index (κ1) is 22.8. The van der Waals surface area contributed by atoms with Gasteiger partial charge in [0.1, 0.15) is 6.61 Å². The van der Waals surface area contributed by atoms with Crippen LogP contribution < -0.4 is 0 Å². The molecule has 0 radical (unpaired) electrons. The Hall–Kier alpha value is -1.53. The number of nitrogens with zero attached hydrogens (tertiary/aromatic N) is 1. The lowest BCUT2D eigenvalue weighted by molar-refractivity contribution is -0.142. The minimum atomic E-state index is -0.905. The van der Waals surface area contributed by atoms with E-state index in [-0.39, 0.29) is 19.0 Å². The van der Waals surface area contributed by atoms with Crippen LogP contribution in [0.5, 0.6) is 0 Å². The van der Waals surface area contributed by atoms with Crippen LogP contribution in [0, 0.1) is 0 Å². The number of hydrogen-bond donors (Lipinski definition) is 1. The van der Waals surface area contributed by atoms with Crippen molar-refractivity contribution in [3.05, 3.63) is 71.8 Å². The van der Waals surface area contributed by atoms with Crippen LogP contribution in [-0.2, 0) is 9.53 Å². The van der Waals surface area contributed by atoms with Crippen LogP contribution in [0.25, 0.3) is 0 Å². The van der Waals surface area contributed by atoms with E-state index in [1.165, 1.54) is 11.1 Å². The Morgan fingerprint density at radius 2 is 1.57 bits per heavy atom. The van der Waals surface area contributed by atoms with Crippen LogP contribution in [0.4, 0.5) is 0 Å². The van der Waals surface area contributed by atoms with Gasteiger partial charge in [-0.3, -0.25) is 0 Å². The molecule has 0 aliphatic carbocycles. The molecule has 6 heteroatoms. The number of carboxylic acids is 1. The summed E-state index contributed by atoms with van der Waals surface area (Å²) < 4.78 is 5.16. The lowest BCUT2D eigenvalue weighted by atomic mass is 10.0. The van der Waals surface area contributed by atoms with Crippen LogP contribution in [0.1, 0.15) is 29.2 Å². The van der Waals surface area contributed by atoms with Gasteiger partial charge >= 0.3 is 5.97 Å². The monoisotopic (exact) mass is 421 g/mol. The van der Waals surface area contributed by atoms with Gasteiger partial charge in [0.2, 0.25) is 0 Å². The van der Waals surface area contributed by atoms with E-state index in [2.05, 4.69) is 77.3 Å². The molecule has 1 N–H and O–H groups in total. The molecule has 0 unspecified atom stereocenters. The summed E-state index contributed by atoms with van der Waals surface area (Å²) in [4.78, 5) is 12.9. The van der Waals surface area contributed by atoms with E-state index < -0.39 is 5.97 Å². The normalized spacial score (nSPS) is 15.3. The summed E-state index contributed by atoms with van der Waals surface area (Å²) in [6.45, 7) is 3.18. The maximum absolute atomic E-state index is 10.5. The van der Waals surface area contributed by atoms with Crippen LogP contribution >= 0.6 is 24.2 Å². The van der Waals surface area contributed by atoms with Gasteiger partial charge in [-0.15, -0.1) is 24.2 Å². The second-order valence-electron chi connectivity index (χ2n) is 6.82. The van der Waals surface area contributed by atoms with E-state index in [0.29, 0.717) is 17.1 Å². The zero-order valence-corrected chi connectivity index (χ0v) is 17.5. The number of piperidine rings is 1. The summed E-state index contributed by atoms with van der Waals surface area (Å²) in [7, 11) is 0. The van der Waals surface area contributed by atoms with Crippen LogP contribution in [0.15, 0.2) is 60.7 Å². The van der Waals surface area contributed by atoms with E-state index in [1.54, 1.807) is 0 Å². The Labute approximate surface area is 177 Å². The highest BCUT2D eigenvalue weighted by Crippen LogP contribution is 2.41. The minimum Gasteiger partial charge on any atom is -0.480 e. The lowest BCUT2D eigenvalue weighted by Gasteiger charge is -2.33. The Balaban J connectivity index is 0.00000280. The van der Waals surface area contributed by atoms with E-state index in [9.17, 15) is 4.79 Å². The van der Waals surface area contributed by atoms with Gasteiger partial charge in [0.05, 0.1) is 11.9 Å². The van der Waals surface area contributed by atoms with Crippen molar-refractivity contribution in [1.29, 1.82) is 0 Å². The molecule has 4 nitrogen and oxygen atoms in total. The Bertz CT molecular complexity index is 654. The third-order valence-electron chi connectivity index (χ3n) is 4.85. The molecule has 0 amide bonds. The topological polar surface area (TPSA) is 49.8 Å². The van der Waals surface area contributed by atoms with E-state index in [4.69, 9.17) is 9.84 Å². The molecular formula is C22H28ClNO3S. The average molecular weight is 422 g/mol. The van der Waals surface area contributed by atoms with Crippen molar-refractivity contribution in [1.82, 2.24) is 4.90 Å². The molecular weight excluding hydrogens is 394 g/mol. The summed E-state index contributed by atoms with van der Waals surface area (Å²) in [6.07, 6.45) is 2.31. The second kappa shape index (κ2) is 12.1. The van der Waals surface area contributed by atoms with Crippen LogP contribution in [0.2, 0.25) is 0 Å². The summed E-state index contributed by atoms with van der Waals surface area (Å²) in [5.74, 6) is -0.905. The van der Waals surface area contributed by atoms with E-state index >= 15 is 0 Å². The summed E-state index contributed by atoms with van der Waals surface area (Å²) in [5.41, 5.74) is 2.72. The molecule has 0 spiro atoms. The first-order valence-electron chi connectivity index (χ1n) is 9.49. The number of thioether (sulfide) groups is 1. The highest BCUT2D eigenvalue weighted by atomic mass is 35.5. The second-order valence-corrected chi connectivity index (χ2v) is 8.24. The molecule has 0 atom stereocenters. The summed E-state index contributed by atoms with van der Waals surface area (Å²) in [6, 6.07) is 21.5. The first-order chi connectivity index (χ1) is 13.2. The van der Waals surface area contributed by atoms with Crippen molar-refractivity contribution in [2.45, 2.75) is 23.3 Å². The third kappa shape index (κ3) is 7.13. The number of carbonyl (C=O) groups is 1. The highest BCUT2D eigenvalue weighted by molar-refractivity contribution is 8.00.